The van der Waals surface area contributed by atoms with Gasteiger partial charge in [-0.05, 0) is 38.2 Å². The maximum absolute atomic E-state index is 12.5. The standard InChI is InChI=1S/C18H30N2O3/c1-7-14-15(18(22)23-6)13(5)16(20-14)17(21)19-12(4)10-8-9-11(2)3/h11-12,20H,7-10H2,1-6H3,(H,19,21). The third-order valence-electron chi connectivity index (χ3n) is 4.09. The Hall–Kier alpha value is -1.78. The number of rotatable bonds is 8. The summed E-state index contributed by atoms with van der Waals surface area (Å²) in [6.45, 7) is 10.1. The van der Waals surface area contributed by atoms with Gasteiger partial charge in [-0.25, -0.2) is 4.79 Å². The Morgan fingerprint density at radius 3 is 2.39 bits per heavy atom. The Bertz CT molecular complexity index is 547. The van der Waals surface area contributed by atoms with Gasteiger partial charge in [0, 0.05) is 11.7 Å². The number of aromatic amines is 1. The summed E-state index contributed by atoms with van der Waals surface area (Å²) in [5.41, 5.74) is 2.33. The third kappa shape index (κ3) is 5.12. The van der Waals surface area contributed by atoms with Crippen molar-refractivity contribution in [3.05, 3.63) is 22.5 Å². The normalized spacial score (nSPS) is 12.3. The molecule has 1 aromatic rings. The molecule has 0 radical (unpaired) electrons. The second-order valence-corrected chi connectivity index (χ2v) is 6.52. The number of H-pyrrole nitrogens is 1. The SMILES string of the molecule is CCc1[nH]c(C(=O)NC(C)CCCC(C)C)c(C)c1C(=O)OC. The minimum absolute atomic E-state index is 0.107. The lowest BCUT2D eigenvalue weighted by Crippen LogP contribution is -2.33. The number of hydrogen-bond donors (Lipinski definition) is 2. The van der Waals surface area contributed by atoms with E-state index in [4.69, 9.17) is 4.74 Å². The highest BCUT2D eigenvalue weighted by Crippen LogP contribution is 2.20. The molecule has 1 rings (SSSR count). The number of hydrogen-bond acceptors (Lipinski definition) is 3. The topological polar surface area (TPSA) is 71.2 Å². The van der Waals surface area contributed by atoms with Crippen molar-refractivity contribution in [2.24, 2.45) is 5.92 Å². The van der Waals surface area contributed by atoms with Gasteiger partial charge < -0.3 is 15.0 Å². The van der Waals surface area contributed by atoms with E-state index in [1.54, 1.807) is 6.92 Å². The fourth-order valence-corrected chi connectivity index (χ4v) is 2.73. The van der Waals surface area contributed by atoms with Crippen molar-refractivity contribution in [3.8, 4) is 0 Å². The van der Waals surface area contributed by atoms with E-state index in [1.807, 2.05) is 13.8 Å². The molecule has 0 aliphatic carbocycles. The van der Waals surface area contributed by atoms with Gasteiger partial charge in [0.1, 0.15) is 5.69 Å². The summed E-state index contributed by atoms with van der Waals surface area (Å²) >= 11 is 0. The van der Waals surface area contributed by atoms with E-state index in [0.29, 0.717) is 29.2 Å². The maximum atomic E-state index is 12.5. The van der Waals surface area contributed by atoms with Gasteiger partial charge >= 0.3 is 5.97 Å². The van der Waals surface area contributed by atoms with Gasteiger partial charge in [0.2, 0.25) is 0 Å². The number of esters is 1. The van der Waals surface area contributed by atoms with E-state index in [1.165, 1.54) is 7.11 Å². The van der Waals surface area contributed by atoms with Gasteiger partial charge in [0.15, 0.2) is 0 Å². The molecule has 5 nitrogen and oxygen atoms in total. The van der Waals surface area contributed by atoms with Crippen LogP contribution in [0.25, 0.3) is 0 Å². The van der Waals surface area contributed by atoms with Crippen LogP contribution < -0.4 is 5.32 Å². The molecule has 0 aromatic carbocycles. The van der Waals surface area contributed by atoms with Crippen molar-refractivity contribution in [3.63, 3.8) is 0 Å². The number of aromatic nitrogens is 1. The van der Waals surface area contributed by atoms with Crippen LogP contribution in [0.3, 0.4) is 0 Å². The highest BCUT2D eigenvalue weighted by molar-refractivity contribution is 6.00. The molecular formula is C18H30N2O3. The van der Waals surface area contributed by atoms with Crippen molar-refractivity contribution in [1.29, 1.82) is 0 Å². The highest BCUT2D eigenvalue weighted by Gasteiger charge is 2.24. The molecule has 130 valence electrons. The van der Waals surface area contributed by atoms with E-state index in [9.17, 15) is 9.59 Å². The largest absolute Gasteiger partial charge is 0.465 e. The Labute approximate surface area is 139 Å². The van der Waals surface area contributed by atoms with Gasteiger partial charge in [-0.15, -0.1) is 0 Å². The van der Waals surface area contributed by atoms with Crippen LogP contribution in [0.1, 0.15) is 79.1 Å². The number of ether oxygens (including phenoxy) is 1. The summed E-state index contributed by atoms with van der Waals surface area (Å²) in [5.74, 6) is 0.113. The van der Waals surface area contributed by atoms with E-state index >= 15 is 0 Å². The van der Waals surface area contributed by atoms with E-state index < -0.39 is 5.97 Å². The van der Waals surface area contributed by atoms with Gasteiger partial charge in [0.25, 0.3) is 5.91 Å². The maximum Gasteiger partial charge on any atom is 0.339 e. The fourth-order valence-electron chi connectivity index (χ4n) is 2.73. The molecule has 0 saturated carbocycles. The molecule has 0 spiro atoms. The lowest BCUT2D eigenvalue weighted by molar-refractivity contribution is 0.0599. The van der Waals surface area contributed by atoms with Crippen LogP contribution >= 0.6 is 0 Å². The molecule has 1 amide bonds. The van der Waals surface area contributed by atoms with E-state index in [2.05, 4.69) is 24.1 Å². The zero-order valence-electron chi connectivity index (χ0n) is 15.2. The van der Waals surface area contributed by atoms with E-state index in [-0.39, 0.29) is 11.9 Å². The molecule has 0 bridgehead atoms. The van der Waals surface area contributed by atoms with Crippen LogP contribution in [-0.2, 0) is 11.2 Å². The molecule has 23 heavy (non-hydrogen) atoms. The predicted molar refractivity (Wildman–Crippen MR) is 91.9 cm³/mol. The number of nitrogens with one attached hydrogen (secondary N) is 2. The molecule has 1 heterocycles. The average molecular weight is 322 g/mol. The third-order valence-corrected chi connectivity index (χ3v) is 4.09. The van der Waals surface area contributed by atoms with Gasteiger partial charge in [-0.1, -0.05) is 33.6 Å². The van der Waals surface area contributed by atoms with Gasteiger partial charge in [-0.3, -0.25) is 4.79 Å². The van der Waals surface area contributed by atoms with Crippen LogP contribution in [-0.4, -0.2) is 30.0 Å². The lowest BCUT2D eigenvalue weighted by Gasteiger charge is -2.14. The smallest absolute Gasteiger partial charge is 0.339 e. The summed E-state index contributed by atoms with van der Waals surface area (Å²) in [6.07, 6.45) is 3.85. The summed E-state index contributed by atoms with van der Waals surface area (Å²) in [4.78, 5) is 27.5. The molecule has 1 unspecified atom stereocenters. The van der Waals surface area contributed by atoms with Crippen molar-refractivity contribution in [2.75, 3.05) is 7.11 Å². The lowest BCUT2D eigenvalue weighted by atomic mass is 10.0. The van der Waals surface area contributed by atoms with Crippen LogP contribution in [0.15, 0.2) is 0 Å². The van der Waals surface area contributed by atoms with E-state index in [0.717, 1.165) is 25.0 Å². The first kappa shape index (κ1) is 19.3. The van der Waals surface area contributed by atoms with Gasteiger partial charge in [-0.2, -0.15) is 0 Å². The van der Waals surface area contributed by atoms with Crippen LogP contribution in [0.5, 0.6) is 0 Å². The molecule has 5 heteroatoms. The molecule has 0 aliphatic rings. The highest BCUT2D eigenvalue weighted by atomic mass is 16.5. The Kier molecular flexibility index (Phi) is 7.33. The number of methoxy groups -OCH3 is 1. The first-order valence-electron chi connectivity index (χ1n) is 8.42. The monoisotopic (exact) mass is 322 g/mol. The molecule has 1 aromatic heterocycles. The molecule has 0 fully saturated rings. The first-order valence-corrected chi connectivity index (χ1v) is 8.42. The van der Waals surface area contributed by atoms with Crippen molar-refractivity contribution in [1.82, 2.24) is 10.3 Å². The van der Waals surface area contributed by atoms with Crippen LogP contribution in [0.4, 0.5) is 0 Å². The average Bonchev–Trinajstić information content (AvgIpc) is 2.82. The second kappa shape index (κ2) is 8.75. The fraction of sp³-hybridized carbons (Fsp3) is 0.667. The second-order valence-electron chi connectivity index (χ2n) is 6.52. The number of carbonyl (C=O) groups is 2. The minimum Gasteiger partial charge on any atom is -0.465 e. The summed E-state index contributed by atoms with van der Waals surface area (Å²) in [5, 5.41) is 3.01. The van der Waals surface area contributed by atoms with Crippen molar-refractivity contribution < 1.29 is 14.3 Å². The first-order chi connectivity index (χ1) is 10.8. The predicted octanol–water partition coefficient (Wildman–Crippen LogP) is 3.62. The summed E-state index contributed by atoms with van der Waals surface area (Å²) in [6, 6.07) is 0.107. The molecule has 1 atom stereocenters. The van der Waals surface area contributed by atoms with Crippen molar-refractivity contribution >= 4 is 11.9 Å². The Morgan fingerprint density at radius 1 is 1.22 bits per heavy atom. The zero-order valence-corrected chi connectivity index (χ0v) is 15.2. The number of carbonyl (C=O) groups excluding carboxylic acids is 2. The molecular weight excluding hydrogens is 292 g/mol. The zero-order chi connectivity index (χ0) is 17.6. The van der Waals surface area contributed by atoms with Gasteiger partial charge in [0.05, 0.1) is 12.7 Å². The van der Waals surface area contributed by atoms with Crippen LogP contribution in [0, 0.1) is 12.8 Å². The minimum atomic E-state index is -0.403. The number of amides is 1. The molecule has 0 aliphatic heterocycles. The van der Waals surface area contributed by atoms with Crippen LogP contribution in [0.2, 0.25) is 0 Å². The summed E-state index contributed by atoms with van der Waals surface area (Å²) < 4.78 is 4.82. The Balaban J connectivity index is 2.80. The number of aryl methyl sites for hydroxylation is 1. The Morgan fingerprint density at radius 2 is 1.87 bits per heavy atom. The summed E-state index contributed by atoms with van der Waals surface area (Å²) in [7, 11) is 1.35. The molecule has 0 saturated heterocycles. The van der Waals surface area contributed by atoms with Crippen molar-refractivity contribution in [2.45, 2.75) is 66.3 Å². The quantitative estimate of drug-likeness (QED) is 0.718. The molecule has 2 N–H and O–H groups in total.